The molecule has 0 bridgehead atoms. The maximum atomic E-state index is 13.4. The van der Waals surface area contributed by atoms with Gasteiger partial charge in [-0.15, -0.1) is 9.24 Å². The van der Waals surface area contributed by atoms with E-state index in [4.69, 9.17) is 4.74 Å². The molecule has 134 valence electrons. The molecule has 0 aliphatic heterocycles. The summed E-state index contributed by atoms with van der Waals surface area (Å²) in [6.07, 6.45) is -0.674. The van der Waals surface area contributed by atoms with E-state index in [0.717, 1.165) is 33.1 Å². The Bertz CT molecular complexity index is 898. The summed E-state index contributed by atoms with van der Waals surface area (Å²) in [5, 5.41) is 1.07. The molecule has 0 fully saturated rings. The van der Waals surface area contributed by atoms with Crippen LogP contribution in [0.3, 0.4) is 0 Å². The third-order valence-electron chi connectivity index (χ3n) is 4.40. The van der Waals surface area contributed by atoms with Crippen LogP contribution in [0.4, 0.5) is 0 Å². The number of carbonyl (C=O) groups is 1. The molecule has 2 atom stereocenters. The van der Waals surface area contributed by atoms with Gasteiger partial charge < -0.3 is 4.74 Å². The van der Waals surface area contributed by atoms with Gasteiger partial charge in [0, 0.05) is 11.1 Å². The summed E-state index contributed by atoms with van der Waals surface area (Å²) >= 11 is 0. The van der Waals surface area contributed by atoms with Gasteiger partial charge in [-0.2, -0.15) is 0 Å². The molecule has 4 heteroatoms. The summed E-state index contributed by atoms with van der Waals surface area (Å²) in [4.78, 5) is 13.4. The first kappa shape index (κ1) is 21.5. The molecular weight excluding hydrogens is 346 g/mol. The normalized spacial score (nSPS) is 11.4. The van der Waals surface area contributed by atoms with Crippen LogP contribution in [-0.4, -0.2) is 24.6 Å². The van der Waals surface area contributed by atoms with E-state index >= 15 is 0 Å². The van der Waals surface area contributed by atoms with Gasteiger partial charge in [-0.25, -0.2) is 0 Å². The van der Waals surface area contributed by atoms with Gasteiger partial charge in [-0.05, 0) is 49.3 Å². The second-order valence-electron chi connectivity index (χ2n) is 6.62. The van der Waals surface area contributed by atoms with Gasteiger partial charge in [-0.1, -0.05) is 60.2 Å². The molecule has 0 saturated heterocycles. The van der Waals surface area contributed by atoms with Crippen molar-refractivity contribution in [1.29, 1.82) is 0 Å². The van der Waals surface area contributed by atoms with Crippen molar-refractivity contribution < 1.29 is 9.53 Å². The van der Waals surface area contributed by atoms with Crippen molar-refractivity contribution in [2.24, 2.45) is 0 Å². The number of hydrogen-bond donors (Lipinski definition) is 0. The molecule has 3 aromatic carbocycles. The number of benzene rings is 3. The fraction of sp³-hybridized carbons (Fsp3) is 0.174. The van der Waals surface area contributed by atoms with Crippen LogP contribution >= 0.6 is 9.24 Å². The molecule has 0 N–H and O–H groups in total. The van der Waals surface area contributed by atoms with E-state index < -0.39 is 6.10 Å². The molecule has 0 aliphatic rings. The molecule has 0 aliphatic carbocycles. The van der Waals surface area contributed by atoms with Crippen LogP contribution in [0.15, 0.2) is 66.7 Å². The van der Waals surface area contributed by atoms with Crippen molar-refractivity contribution in [3.05, 3.63) is 94.5 Å². The standard InChI is InChI=1S/C23H23O2P.Li.H/c1-15-13-16(2)21(17(3)14-15)22(24)23(18-7-5-4-6-8-18)25-19-9-11-20(26)12-10-19;;/h4-14,23H,26H2,1-3H3;;. The quantitative estimate of drug-likeness (QED) is 0.376. The van der Waals surface area contributed by atoms with Crippen LogP contribution < -0.4 is 10.0 Å². The molecule has 0 spiro atoms. The zero-order chi connectivity index (χ0) is 18.7. The van der Waals surface area contributed by atoms with Crippen molar-refractivity contribution in [3.8, 4) is 5.75 Å². The van der Waals surface area contributed by atoms with Gasteiger partial charge in [0.25, 0.3) is 0 Å². The van der Waals surface area contributed by atoms with Gasteiger partial charge in [0.05, 0.1) is 0 Å². The van der Waals surface area contributed by atoms with E-state index in [1.165, 1.54) is 0 Å². The predicted molar refractivity (Wildman–Crippen MR) is 118 cm³/mol. The van der Waals surface area contributed by atoms with Crippen LogP contribution in [0.5, 0.6) is 5.75 Å². The van der Waals surface area contributed by atoms with Crippen LogP contribution in [-0.2, 0) is 0 Å². The van der Waals surface area contributed by atoms with E-state index in [2.05, 4.69) is 9.24 Å². The number of hydrogen-bond acceptors (Lipinski definition) is 2. The summed E-state index contributed by atoms with van der Waals surface area (Å²) in [5.41, 5.74) is 4.72. The monoisotopic (exact) mass is 370 g/mol. The van der Waals surface area contributed by atoms with Gasteiger partial charge >= 0.3 is 18.9 Å². The Morgan fingerprint density at radius 3 is 2.00 bits per heavy atom. The summed E-state index contributed by atoms with van der Waals surface area (Å²) in [6, 6.07) is 21.5. The zero-order valence-electron chi connectivity index (χ0n) is 15.3. The second kappa shape index (κ2) is 9.38. The van der Waals surface area contributed by atoms with Crippen molar-refractivity contribution in [3.63, 3.8) is 0 Å². The summed E-state index contributed by atoms with van der Waals surface area (Å²) in [5.74, 6) is 0.668. The molecule has 0 amide bonds. The predicted octanol–water partition coefficient (Wildman–Crippen LogP) is 4.47. The molecule has 0 aromatic heterocycles. The van der Waals surface area contributed by atoms with Crippen LogP contribution in [0, 0.1) is 20.8 Å². The molecule has 0 heterocycles. The summed E-state index contributed by atoms with van der Waals surface area (Å²) in [7, 11) is 2.65. The Morgan fingerprint density at radius 1 is 0.889 bits per heavy atom. The minimum absolute atomic E-state index is 0. The molecule has 3 aromatic rings. The molecular formula is C23H24LiO2P. The zero-order valence-corrected chi connectivity index (χ0v) is 16.5. The Morgan fingerprint density at radius 2 is 1.44 bits per heavy atom. The third kappa shape index (κ3) is 5.11. The first-order chi connectivity index (χ1) is 12.5. The second-order valence-corrected chi connectivity index (χ2v) is 7.28. The molecule has 2 unspecified atom stereocenters. The van der Waals surface area contributed by atoms with E-state index in [1.807, 2.05) is 87.5 Å². The molecule has 27 heavy (non-hydrogen) atoms. The van der Waals surface area contributed by atoms with Crippen molar-refractivity contribution in [1.82, 2.24) is 0 Å². The third-order valence-corrected chi connectivity index (χ3v) is 4.78. The SMILES string of the molecule is Cc1cc(C)c(C(=O)C(Oc2ccc(P)cc2)c2ccccc2)c(C)c1.[LiH]. The van der Waals surface area contributed by atoms with E-state index in [-0.39, 0.29) is 24.6 Å². The number of ether oxygens (including phenoxy) is 1. The first-order valence-electron chi connectivity index (χ1n) is 8.65. The number of Topliss-reactive ketones (excluding diaryl/α,β-unsaturated/α-hetero) is 1. The average molecular weight is 370 g/mol. The van der Waals surface area contributed by atoms with Crippen LogP contribution in [0.2, 0.25) is 0 Å². The minimum atomic E-state index is -0.674. The Labute approximate surface area is 175 Å². The Hall–Kier alpha value is -1.84. The fourth-order valence-corrected chi connectivity index (χ4v) is 3.48. The average Bonchev–Trinajstić information content (AvgIpc) is 2.61. The number of ketones is 1. The van der Waals surface area contributed by atoms with Gasteiger partial charge in [0.2, 0.25) is 5.78 Å². The van der Waals surface area contributed by atoms with Gasteiger partial charge in [0.1, 0.15) is 5.75 Å². The molecule has 0 radical (unpaired) electrons. The van der Waals surface area contributed by atoms with E-state index in [1.54, 1.807) is 0 Å². The number of rotatable bonds is 5. The van der Waals surface area contributed by atoms with Gasteiger partial charge in [0.15, 0.2) is 6.10 Å². The fourth-order valence-electron chi connectivity index (χ4n) is 3.28. The summed E-state index contributed by atoms with van der Waals surface area (Å²) < 4.78 is 6.15. The number of aryl methyl sites for hydroxylation is 3. The van der Waals surface area contributed by atoms with Crippen LogP contribution in [0.25, 0.3) is 0 Å². The maximum absolute atomic E-state index is 13.4. The molecule has 3 rings (SSSR count). The molecule has 0 saturated carbocycles. The topological polar surface area (TPSA) is 26.3 Å². The van der Waals surface area contributed by atoms with Crippen molar-refractivity contribution in [2.75, 3.05) is 0 Å². The van der Waals surface area contributed by atoms with Crippen LogP contribution in [0.1, 0.15) is 38.7 Å². The van der Waals surface area contributed by atoms with E-state index in [0.29, 0.717) is 5.75 Å². The first-order valence-corrected chi connectivity index (χ1v) is 9.22. The number of carbonyl (C=O) groups excluding carboxylic acids is 1. The molecule has 2 nitrogen and oxygen atoms in total. The Balaban J connectivity index is 0.00000261. The van der Waals surface area contributed by atoms with Gasteiger partial charge in [-0.3, -0.25) is 4.79 Å². The Kier molecular flexibility index (Phi) is 7.46. The van der Waals surface area contributed by atoms with E-state index in [9.17, 15) is 4.79 Å². The summed E-state index contributed by atoms with van der Waals surface area (Å²) in [6.45, 7) is 6.01. The van der Waals surface area contributed by atoms with Crippen molar-refractivity contribution >= 4 is 39.2 Å². The van der Waals surface area contributed by atoms with Crippen molar-refractivity contribution in [2.45, 2.75) is 26.9 Å².